The van der Waals surface area contributed by atoms with Crippen LogP contribution in [-0.2, 0) is 0 Å². The molecule has 0 heterocycles. The van der Waals surface area contributed by atoms with Crippen molar-refractivity contribution in [2.24, 2.45) is 0 Å². The van der Waals surface area contributed by atoms with Crippen LogP contribution in [0.4, 0.5) is 0 Å². The fourth-order valence-corrected chi connectivity index (χ4v) is 2.59. The first-order valence-corrected chi connectivity index (χ1v) is 6.06. The normalized spacial score (nSPS) is 12.8. The summed E-state index contributed by atoms with van der Waals surface area (Å²) in [5.74, 6) is -1.07. The Morgan fingerprint density at radius 2 is 1.70 bits per heavy atom. The summed E-state index contributed by atoms with van der Waals surface area (Å²) >= 11 is 0. The number of aromatic hydroxyl groups is 1. The molecule has 1 aliphatic rings. The Labute approximate surface area is 114 Å². The Bertz CT molecular complexity index is 787. The molecule has 0 aromatic heterocycles. The van der Waals surface area contributed by atoms with Crippen LogP contribution in [0.15, 0.2) is 30.3 Å². The largest absolute Gasteiger partial charge is 0.507 e. The van der Waals surface area contributed by atoms with E-state index in [2.05, 4.69) is 0 Å². The van der Waals surface area contributed by atoms with Crippen molar-refractivity contribution in [2.75, 3.05) is 0 Å². The van der Waals surface area contributed by atoms with Crippen molar-refractivity contribution in [1.29, 1.82) is 0 Å². The summed E-state index contributed by atoms with van der Waals surface area (Å²) in [6.45, 7) is 1.71. The molecule has 4 heteroatoms. The summed E-state index contributed by atoms with van der Waals surface area (Å²) in [4.78, 5) is 36.2. The first-order valence-electron chi connectivity index (χ1n) is 6.06. The molecule has 0 saturated heterocycles. The van der Waals surface area contributed by atoms with E-state index < -0.39 is 5.78 Å². The van der Waals surface area contributed by atoms with Gasteiger partial charge in [-0.2, -0.15) is 0 Å². The summed E-state index contributed by atoms with van der Waals surface area (Å²) in [7, 11) is 0. The highest BCUT2D eigenvalue weighted by atomic mass is 16.3. The molecule has 2 aromatic carbocycles. The lowest BCUT2D eigenvalue weighted by molar-refractivity contribution is 0.0973. The topological polar surface area (TPSA) is 71.4 Å². The first-order chi connectivity index (χ1) is 9.56. The van der Waals surface area contributed by atoms with E-state index in [0.29, 0.717) is 11.8 Å². The summed E-state index contributed by atoms with van der Waals surface area (Å²) in [6, 6.07) is 7.53. The quantitative estimate of drug-likeness (QED) is 0.686. The minimum atomic E-state index is -0.488. The van der Waals surface area contributed by atoms with Crippen molar-refractivity contribution in [1.82, 2.24) is 0 Å². The molecule has 0 unspecified atom stereocenters. The second kappa shape index (κ2) is 4.13. The number of phenols is 1. The molecule has 1 aliphatic carbocycles. The fourth-order valence-electron chi connectivity index (χ4n) is 2.59. The molecule has 3 rings (SSSR count). The lowest BCUT2D eigenvalue weighted by Gasteiger charge is -2.21. The molecule has 0 aliphatic heterocycles. The molecule has 0 radical (unpaired) electrons. The van der Waals surface area contributed by atoms with E-state index in [4.69, 9.17) is 0 Å². The van der Waals surface area contributed by atoms with Gasteiger partial charge in [-0.15, -0.1) is 0 Å². The summed E-state index contributed by atoms with van der Waals surface area (Å²) in [5, 5.41) is 9.84. The number of phenolic OH excluding ortho intramolecular Hbond substituents is 1. The van der Waals surface area contributed by atoms with Crippen LogP contribution in [-0.4, -0.2) is 23.0 Å². The monoisotopic (exact) mass is 266 g/mol. The predicted octanol–water partition coefficient (Wildman–Crippen LogP) is 2.29. The number of carbonyl (C=O) groups excluding carboxylic acids is 3. The van der Waals surface area contributed by atoms with Gasteiger partial charge < -0.3 is 5.11 Å². The molecular weight excluding hydrogens is 256 g/mol. The highest BCUT2D eigenvalue weighted by Crippen LogP contribution is 2.35. The zero-order chi connectivity index (χ0) is 14.4. The Kier molecular flexibility index (Phi) is 2.54. The van der Waals surface area contributed by atoms with Gasteiger partial charge in [0.25, 0.3) is 0 Å². The number of hydrogen-bond acceptors (Lipinski definition) is 4. The maximum Gasteiger partial charge on any atom is 0.198 e. The lowest BCUT2D eigenvalue weighted by Crippen LogP contribution is -2.23. The Hall–Kier alpha value is -2.75. The number of fused-ring (bicyclic) bond motifs is 2. The van der Waals surface area contributed by atoms with Crippen LogP contribution in [0.25, 0.3) is 0 Å². The molecule has 0 saturated carbocycles. The van der Waals surface area contributed by atoms with Crippen LogP contribution in [0.3, 0.4) is 0 Å². The van der Waals surface area contributed by atoms with Crippen molar-refractivity contribution < 1.29 is 19.5 Å². The third kappa shape index (κ3) is 1.45. The number of ketones is 2. The van der Waals surface area contributed by atoms with Crippen LogP contribution < -0.4 is 0 Å². The average Bonchev–Trinajstić information content (AvgIpc) is 2.44. The van der Waals surface area contributed by atoms with Gasteiger partial charge in [0.1, 0.15) is 5.75 Å². The Morgan fingerprint density at radius 3 is 2.40 bits per heavy atom. The van der Waals surface area contributed by atoms with E-state index in [1.165, 1.54) is 24.3 Å². The van der Waals surface area contributed by atoms with Crippen molar-refractivity contribution in [3.63, 3.8) is 0 Å². The number of aryl methyl sites for hydroxylation is 1. The van der Waals surface area contributed by atoms with Crippen molar-refractivity contribution in [2.45, 2.75) is 6.92 Å². The van der Waals surface area contributed by atoms with Gasteiger partial charge >= 0.3 is 0 Å². The van der Waals surface area contributed by atoms with Crippen molar-refractivity contribution >= 4 is 17.9 Å². The molecule has 0 bridgehead atoms. The van der Waals surface area contributed by atoms with E-state index >= 15 is 0 Å². The Balaban J connectivity index is 2.44. The smallest absolute Gasteiger partial charge is 0.198 e. The van der Waals surface area contributed by atoms with Crippen molar-refractivity contribution in [3.05, 3.63) is 63.7 Å². The number of benzene rings is 2. The number of carbonyl (C=O) groups is 3. The van der Waals surface area contributed by atoms with E-state index in [1.54, 1.807) is 13.0 Å². The molecule has 4 nitrogen and oxygen atoms in total. The van der Waals surface area contributed by atoms with Crippen LogP contribution in [0.1, 0.15) is 47.8 Å². The third-order valence-corrected chi connectivity index (χ3v) is 3.54. The van der Waals surface area contributed by atoms with E-state index in [-0.39, 0.29) is 39.4 Å². The molecule has 0 atom stereocenters. The Morgan fingerprint density at radius 1 is 0.950 bits per heavy atom. The molecule has 1 N–H and O–H groups in total. The summed E-state index contributed by atoms with van der Waals surface area (Å²) < 4.78 is 0. The van der Waals surface area contributed by atoms with Gasteiger partial charge in [-0.05, 0) is 18.6 Å². The number of rotatable bonds is 1. The second-order valence-corrected chi connectivity index (χ2v) is 4.70. The molecule has 0 spiro atoms. The average molecular weight is 266 g/mol. The van der Waals surface area contributed by atoms with E-state index in [9.17, 15) is 19.5 Å². The highest BCUT2D eigenvalue weighted by molar-refractivity contribution is 6.31. The standard InChI is InChI=1S/C16H10O4/c1-8-5-6-9(7-17)13-12(8)15(19)10-3-2-4-11(18)14(10)16(13)20/h2-7,18H,1H3. The van der Waals surface area contributed by atoms with Gasteiger partial charge in [0.05, 0.1) is 5.56 Å². The zero-order valence-electron chi connectivity index (χ0n) is 10.6. The van der Waals surface area contributed by atoms with Gasteiger partial charge in [-0.25, -0.2) is 0 Å². The predicted molar refractivity (Wildman–Crippen MR) is 71.5 cm³/mol. The summed E-state index contributed by atoms with van der Waals surface area (Å²) in [5.41, 5.74) is 1.28. The highest BCUT2D eigenvalue weighted by Gasteiger charge is 2.34. The van der Waals surface area contributed by atoms with Crippen LogP contribution in [0, 0.1) is 6.92 Å². The van der Waals surface area contributed by atoms with Gasteiger partial charge in [0, 0.05) is 22.3 Å². The minimum Gasteiger partial charge on any atom is -0.507 e. The molecule has 20 heavy (non-hydrogen) atoms. The molecule has 0 amide bonds. The zero-order valence-corrected chi connectivity index (χ0v) is 10.6. The van der Waals surface area contributed by atoms with Gasteiger partial charge in [0.2, 0.25) is 0 Å². The SMILES string of the molecule is Cc1ccc(C=O)c2c1C(=O)c1cccc(O)c1C2=O. The maximum atomic E-state index is 12.5. The van der Waals surface area contributed by atoms with Gasteiger partial charge in [-0.1, -0.05) is 24.3 Å². The molecule has 98 valence electrons. The molecular formula is C16H10O4. The van der Waals surface area contributed by atoms with Crippen LogP contribution in [0.5, 0.6) is 5.75 Å². The lowest BCUT2D eigenvalue weighted by atomic mass is 9.80. The van der Waals surface area contributed by atoms with E-state index in [0.717, 1.165) is 0 Å². The van der Waals surface area contributed by atoms with Crippen molar-refractivity contribution in [3.8, 4) is 5.75 Å². The van der Waals surface area contributed by atoms with Gasteiger partial charge in [-0.3, -0.25) is 14.4 Å². The third-order valence-electron chi connectivity index (χ3n) is 3.54. The van der Waals surface area contributed by atoms with Gasteiger partial charge in [0.15, 0.2) is 17.9 Å². The molecule has 0 fully saturated rings. The second-order valence-electron chi connectivity index (χ2n) is 4.70. The molecule has 2 aromatic rings. The maximum absolute atomic E-state index is 12.5. The number of hydrogen-bond donors (Lipinski definition) is 1. The minimum absolute atomic E-state index is 0.0290. The fraction of sp³-hybridized carbons (Fsp3) is 0.0625. The first kappa shape index (κ1) is 12.3. The number of aldehydes is 1. The summed E-state index contributed by atoms with van der Waals surface area (Å²) in [6.07, 6.45) is 0.550. The van der Waals surface area contributed by atoms with Crippen LogP contribution >= 0.6 is 0 Å². The van der Waals surface area contributed by atoms with E-state index in [1.807, 2.05) is 0 Å². The van der Waals surface area contributed by atoms with Crippen LogP contribution in [0.2, 0.25) is 0 Å².